The van der Waals surface area contributed by atoms with Crippen molar-refractivity contribution < 1.29 is 9.90 Å². The predicted molar refractivity (Wildman–Crippen MR) is 144 cm³/mol. The molecule has 1 aromatic rings. The van der Waals surface area contributed by atoms with Gasteiger partial charge in [-0.3, -0.25) is 9.78 Å². The first kappa shape index (κ1) is 27.5. The smallest absolute Gasteiger partial charge is 0.139 e. The standard InChI is InChI=1S/C30H42N2O2/c1-9-20(6)26(30(34)18(3)4)14-13-23(10-2)27-15-19(5)11-12-24-16-25(17-32-29(24)27)28(21(7)31)22(8)33/h10,13,15-20,26,31,33H,2,9,11-12,14H2,1,3-8H3/b23-13+,28-22+,31-21?. The number of aryl methyl sites for hydroxylation is 1. The van der Waals surface area contributed by atoms with Gasteiger partial charge in [0.1, 0.15) is 5.78 Å². The Hall–Kier alpha value is -2.75. The van der Waals surface area contributed by atoms with Crippen LogP contribution in [-0.2, 0) is 11.2 Å². The molecule has 4 heteroatoms. The van der Waals surface area contributed by atoms with E-state index in [1.807, 2.05) is 19.9 Å². The van der Waals surface area contributed by atoms with Gasteiger partial charge in [0.2, 0.25) is 0 Å². The van der Waals surface area contributed by atoms with Gasteiger partial charge >= 0.3 is 0 Å². The second-order valence-corrected chi connectivity index (χ2v) is 10.1. The number of fused-ring (bicyclic) bond motifs is 1. The summed E-state index contributed by atoms with van der Waals surface area (Å²) in [5.74, 6) is 1.16. The third kappa shape index (κ3) is 6.43. The summed E-state index contributed by atoms with van der Waals surface area (Å²) in [6.45, 7) is 17.9. The van der Waals surface area contributed by atoms with Crippen LogP contribution in [-0.4, -0.2) is 21.6 Å². The zero-order valence-electron chi connectivity index (χ0n) is 22.0. The van der Waals surface area contributed by atoms with Crippen molar-refractivity contribution in [3.63, 3.8) is 0 Å². The van der Waals surface area contributed by atoms with Gasteiger partial charge in [0.25, 0.3) is 0 Å². The molecule has 1 aromatic heterocycles. The number of aromatic nitrogens is 1. The van der Waals surface area contributed by atoms with Crippen LogP contribution in [0.1, 0.15) is 84.5 Å². The Kier molecular flexibility index (Phi) is 9.78. The number of Topliss-reactive ketones (excluding diaryl/α,β-unsaturated/α-hetero) is 1. The number of nitrogens with one attached hydrogen (secondary N) is 1. The molecule has 4 nitrogen and oxygen atoms in total. The Balaban J connectivity index is 2.54. The van der Waals surface area contributed by atoms with Gasteiger partial charge in [-0.05, 0) is 62.1 Å². The first-order chi connectivity index (χ1) is 16.0. The summed E-state index contributed by atoms with van der Waals surface area (Å²) < 4.78 is 0. The lowest BCUT2D eigenvalue weighted by Crippen LogP contribution is -2.25. The molecule has 3 unspecified atom stereocenters. The summed E-state index contributed by atoms with van der Waals surface area (Å²) >= 11 is 0. The van der Waals surface area contributed by atoms with Gasteiger partial charge in [-0.25, -0.2) is 0 Å². The van der Waals surface area contributed by atoms with Crippen molar-refractivity contribution in [2.24, 2.45) is 23.7 Å². The molecular formula is C30H42N2O2. The number of allylic oxidation sites excluding steroid dienone is 7. The summed E-state index contributed by atoms with van der Waals surface area (Å²) in [6, 6.07) is 2.06. The van der Waals surface area contributed by atoms with Crippen LogP contribution in [0.2, 0.25) is 0 Å². The largest absolute Gasteiger partial charge is 0.512 e. The van der Waals surface area contributed by atoms with Gasteiger partial charge in [0, 0.05) is 40.5 Å². The molecule has 0 aliphatic heterocycles. The van der Waals surface area contributed by atoms with Crippen LogP contribution in [0, 0.1) is 29.1 Å². The van der Waals surface area contributed by atoms with Gasteiger partial charge in [0.05, 0.1) is 11.5 Å². The minimum Gasteiger partial charge on any atom is -0.512 e. The quantitative estimate of drug-likeness (QED) is 0.212. The number of rotatable bonds is 10. The second-order valence-electron chi connectivity index (χ2n) is 10.1. The van der Waals surface area contributed by atoms with E-state index in [1.54, 1.807) is 20.0 Å². The highest BCUT2D eigenvalue weighted by Crippen LogP contribution is 2.35. The number of ketones is 1. The van der Waals surface area contributed by atoms with Crippen LogP contribution < -0.4 is 0 Å². The van der Waals surface area contributed by atoms with Gasteiger partial charge in [-0.1, -0.05) is 65.8 Å². The fourth-order valence-electron chi connectivity index (χ4n) is 4.74. The molecule has 2 N–H and O–H groups in total. The third-order valence-electron chi connectivity index (χ3n) is 6.96. The van der Waals surface area contributed by atoms with E-state index in [9.17, 15) is 9.90 Å². The summed E-state index contributed by atoms with van der Waals surface area (Å²) in [4.78, 5) is 17.7. The number of carbonyl (C=O) groups excluding carboxylic acids is 1. The molecule has 1 heterocycles. The van der Waals surface area contributed by atoms with Crippen molar-refractivity contribution in [2.45, 2.75) is 74.1 Å². The third-order valence-corrected chi connectivity index (χ3v) is 6.96. The first-order valence-electron chi connectivity index (χ1n) is 12.5. The number of carbonyl (C=O) groups is 1. The van der Waals surface area contributed by atoms with E-state index < -0.39 is 0 Å². The number of aliphatic hydroxyl groups excluding tert-OH is 1. The maximum atomic E-state index is 12.9. The summed E-state index contributed by atoms with van der Waals surface area (Å²) in [5.41, 5.74) is 5.71. The topological polar surface area (TPSA) is 74.0 Å². The molecule has 34 heavy (non-hydrogen) atoms. The lowest BCUT2D eigenvalue weighted by molar-refractivity contribution is -0.127. The first-order valence-corrected chi connectivity index (χ1v) is 12.5. The summed E-state index contributed by atoms with van der Waals surface area (Å²) in [6.07, 6.45) is 11.6. The molecule has 2 rings (SSSR count). The maximum absolute atomic E-state index is 12.9. The van der Waals surface area contributed by atoms with Crippen molar-refractivity contribution in [2.75, 3.05) is 0 Å². The molecule has 184 valence electrons. The van der Waals surface area contributed by atoms with Crippen LogP contribution in [0.25, 0.3) is 11.1 Å². The van der Waals surface area contributed by atoms with E-state index in [-0.39, 0.29) is 17.6 Å². The number of hydrogen-bond acceptors (Lipinski definition) is 4. The molecule has 0 saturated carbocycles. The van der Waals surface area contributed by atoms with Crippen LogP contribution in [0.15, 0.2) is 48.4 Å². The van der Waals surface area contributed by atoms with Gasteiger partial charge < -0.3 is 10.5 Å². The Morgan fingerprint density at radius 2 is 2.00 bits per heavy atom. The molecule has 0 bridgehead atoms. The van der Waals surface area contributed by atoms with Gasteiger partial charge in [-0.15, -0.1) is 0 Å². The molecule has 0 aromatic carbocycles. The average molecular weight is 463 g/mol. The van der Waals surface area contributed by atoms with E-state index in [1.165, 1.54) is 0 Å². The van der Waals surface area contributed by atoms with Crippen LogP contribution in [0.5, 0.6) is 0 Å². The molecule has 0 spiro atoms. The highest BCUT2D eigenvalue weighted by atomic mass is 16.3. The molecule has 3 atom stereocenters. The second kappa shape index (κ2) is 12.1. The van der Waals surface area contributed by atoms with Crippen molar-refractivity contribution in [1.29, 1.82) is 5.41 Å². The van der Waals surface area contributed by atoms with Crippen LogP contribution in [0.3, 0.4) is 0 Å². The zero-order chi connectivity index (χ0) is 25.6. The molecule has 1 aliphatic rings. The normalized spacial score (nSPS) is 18.9. The summed E-state index contributed by atoms with van der Waals surface area (Å²) in [7, 11) is 0. The monoisotopic (exact) mass is 462 g/mol. The van der Waals surface area contributed by atoms with Crippen molar-refractivity contribution in [3.8, 4) is 0 Å². The molecule has 0 amide bonds. The van der Waals surface area contributed by atoms with E-state index in [4.69, 9.17) is 10.4 Å². The molecular weight excluding hydrogens is 420 g/mol. The van der Waals surface area contributed by atoms with Gasteiger partial charge in [-0.2, -0.15) is 0 Å². The van der Waals surface area contributed by atoms with E-state index in [0.717, 1.165) is 47.2 Å². The lowest BCUT2D eigenvalue weighted by Gasteiger charge is -2.23. The van der Waals surface area contributed by atoms with E-state index in [2.05, 4.69) is 45.6 Å². The fourth-order valence-corrected chi connectivity index (χ4v) is 4.74. The number of hydrogen-bond donors (Lipinski definition) is 2. The van der Waals surface area contributed by atoms with Gasteiger partial charge in [0.15, 0.2) is 0 Å². The van der Waals surface area contributed by atoms with E-state index in [0.29, 0.717) is 35.3 Å². The SMILES string of the molecule is C=C/C(=C\CC(C(=O)C(C)C)C(C)CC)C1=CC(C)CCc2cc(/C(C(C)=N)=C(\C)O)cnc21. The van der Waals surface area contributed by atoms with Crippen molar-refractivity contribution in [1.82, 2.24) is 4.98 Å². The highest BCUT2D eigenvalue weighted by Gasteiger charge is 2.26. The summed E-state index contributed by atoms with van der Waals surface area (Å²) in [5, 5.41) is 18.2. The fraction of sp³-hybridized carbons (Fsp3) is 0.500. The number of aliphatic hydroxyl groups is 1. The average Bonchev–Trinajstić information content (AvgIpc) is 2.94. The van der Waals surface area contributed by atoms with Crippen molar-refractivity contribution >= 4 is 22.6 Å². The zero-order valence-corrected chi connectivity index (χ0v) is 22.0. The molecule has 0 radical (unpaired) electrons. The Morgan fingerprint density at radius 1 is 1.32 bits per heavy atom. The Morgan fingerprint density at radius 3 is 2.53 bits per heavy atom. The van der Waals surface area contributed by atoms with Crippen molar-refractivity contribution in [3.05, 3.63) is 65.2 Å². The number of pyridine rings is 1. The highest BCUT2D eigenvalue weighted by molar-refractivity contribution is 6.21. The van der Waals surface area contributed by atoms with E-state index >= 15 is 0 Å². The van der Waals surface area contributed by atoms with Crippen LogP contribution >= 0.6 is 0 Å². The molecule has 1 aliphatic carbocycles. The minimum atomic E-state index is -0.00523. The predicted octanol–water partition coefficient (Wildman–Crippen LogP) is 7.77. The minimum absolute atomic E-state index is 0.00523. The maximum Gasteiger partial charge on any atom is 0.139 e. The Labute approximate surface area is 206 Å². The van der Waals surface area contributed by atoms with Crippen LogP contribution in [0.4, 0.5) is 0 Å². The lowest BCUT2D eigenvalue weighted by atomic mass is 9.81. The molecule has 0 saturated heterocycles. The Bertz CT molecular complexity index is 1020. The number of nitrogens with zero attached hydrogens (tertiary/aromatic N) is 1. The molecule has 0 fully saturated rings.